The SMILES string of the molecule is CC(C)n1c(=O)c(-c2cc(F)c(NS(=O)(=O)Cc3cccnc3C(F)(F)F)c(F)c2F)cc2cnc(N[C@@H]3CNC[C@@H](F)C3)nc21. The van der Waals surface area contributed by atoms with Crippen LogP contribution in [-0.4, -0.2) is 53.2 Å². The van der Waals surface area contributed by atoms with E-state index in [2.05, 4.69) is 25.6 Å². The Hall–Kier alpha value is -4.32. The minimum absolute atomic E-state index is 0.0866. The minimum atomic E-state index is -5.02. The zero-order valence-electron chi connectivity index (χ0n) is 24.1. The van der Waals surface area contributed by atoms with Gasteiger partial charge in [0.1, 0.15) is 23.2 Å². The van der Waals surface area contributed by atoms with Gasteiger partial charge in [-0.15, -0.1) is 0 Å². The lowest BCUT2D eigenvalue weighted by Gasteiger charge is -2.26. The van der Waals surface area contributed by atoms with Gasteiger partial charge in [0.2, 0.25) is 16.0 Å². The molecular formula is C28H26F7N7O3S. The Morgan fingerprint density at radius 2 is 1.83 bits per heavy atom. The highest BCUT2D eigenvalue weighted by molar-refractivity contribution is 7.91. The minimum Gasteiger partial charge on any atom is -0.350 e. The number of anilines is 2. The molecule has 1 saturated heterocycles. The van der Waals surface area contributed by atoms with E-state index in [0.29, 0.717) is 12.6 Å². The summed E-state index contributed by atoms with van der Waals surface area (Å²) < 4.78 is 127. The Kier molecular flexibility index (Phi) is 8.96. The predicted octanol–water partition coefficient (Wildman–Crippen LogP) is 4.92. The summed E-state index contributed by atoms with van der Waals surface area (Å²) in [4.78, 5) is 25.3. The first kappa shape index (κ1) is 33.1. The monoisotopic (exact) mass is 673 g/mol. The number of rotatable bonds is 8. The van der Waals surface area contributed by atoms with Gasteiger partial charge in [-0.1, -0.05) is 6.07 Å². The van der Waals surface area contributed by atoms with E-state index in [1.54, 1.807) is 13.8 Å². The Labute approximate surface area is 257 Å². The third-order valence-corrected chi connectivity index (χ3v) is 8.34. The van der Waals surface area contributed by atoms with Crippen LogP contribution in [0, 0.1) is 17.5 Å². The number of hydrogen-bond acceptors (Lipinski definition) is 8. The van der Waals surface area contributed by atoms with Crippen LogP contribution in [-0.2, 0) is 22.0 Å². The molecule has 46 heavy (non-hydrogen) atoms. The molecule has 1 aliphatic heterocycles. The molecule has 4 aromatic rings. The van der Waals surface area contributed by atoms with Crippen molar-refractivity contribution in [2.24, 2.45) is 0 Å². The largest absolute Gasteiger partial charge is 0.433 e. The van der Waals surface area contributed by atoms with Crippen molar-refractivity contribution in [2.45, 2.75) is 50.5 Å². The van der Waals surface area contributed by atoms with Crippen molar-refractivity contribution in [2.75, 3.05) is 23.1 Å². The first-order valence-electron chi connectivity index (χ1n) is 13.8. The molecule has 1 fully saturated rings. The van der Waals surface area contributed by atoms with Gasteiger partial charge in [-0.2, -0.15) is 18.2 Å². The van der Waals surface area contributed by atoms with Crippen LogP contribution in [0.5, 0.6) is 0 Å². The van der Waals surface area contributed by atoms with Gasteiger partial charge in [-0.3, -0.25) is 19.1 Å². The van der Waals surface area contributed by atoms with Gasteiger partial charge in [-0.25, -0.2) is 31.0 Å². The highest BCUT2D eigenvalue weighted by Gasteiger charge is 2.36. The zero-order valence-corrected chi connectivity index (χ0v) is 24.9. The molecule has 246 valence electrons. The van der Waals surface area contributed by atoms with Crippen molar-refractivity contribution >= 4 is 32.7 Å². The fraction of sp³-hybridized carbons (Fsp3) is 0.357. The number of nitrogens with zero attached hydrogens (tertiary/aromatic N) is 4. The summed E-state index contributed by atoms with van der Waals surface area (Å²) in [6.45, 7) is 3.88. The van der Waals surface area contributed by atoms with Crippen LogP contribution >= 0.6 is 0 Å². The van der Waals surface area contributed by atoms with Crippen LogP contribution in [0.15, 0.2) is 41.5 Å². The first-order valence-corrected chi connectivity index (χ1v) is 15.4. The number of fused-ring (bicyclic) bond motifs is 1. The quantitative estimate of drug-likeness (QED) is 0.178. The molecule has 1 aromatic carbocycles. The maximum Gasteiger partial charge on any atom is 0.433 e. The van der Waals surface area contributed by atoms with Gasteiger partial charge < -0.3 is 10.6 Å². The first-order chi connectivity index (χ1) is 21.6. The lowest BCUT2D eigenvalue weighted by molar-refractivity contribution is -0.141. The second-order valence-corrected chi connectivity index (χ2v) is 12.6. The van der Waals surface area contributed by atoms with E-state index in [0.717, 1.165) is 29.0 Å². The molecule has 18 heteroatoms. The van der Waals surface area contributed by atoms with Crippen molar-refractivity contribution < 1.29 is 39.2 Å². The smallest absolute Gasteiger partial charge is 0.350 e. The maximum atomic E-state index is 15.5. The number of sulfonamides is 1. The summed E-state index contributed by atoms with van der Waals surface area (Å²) in [6.07, 6.45) is -3.82. The third kappa shape index (κ3) is 6.76. The highest BCUT2D eigenvalue weighted by atomic mass is 32.2. The number of piperidine rings is 1. The fourth-order valence-corrected chi connectivity index (χ4v) is 6.35. The Morgan fingerprint density at radius 1 is 1.09 bits per heavy atom. The second-order valence-electron chi connectivity index (χ2n) is 10.9. The van der Waals surface area contributed by atoms with Crippen molar-refractivity contribution in [1.82, 2.24) is 24.8 Å². The summed E-state index contributed by atoms with van der Waals surface area (Å²) in [5.41, 5.74) is -5.97. The predicted molar refractivity (Wildman–Crippen MR) is 155 cm³/mol. The number of pyridine rings is 2. The highest BCUT2D eigenvalue weighted by Crippen LogP contribution is 2.34. The molecule has 2 atom stereocenters. The fourth-order valence-electron chi connectivity index (χ4n) is 5.14. The van der Waals surface area contributed by atoms with E-state index in [-0.39, 0.29) is 36.0 Å². The number of aromatic nitrogens is 4. The summed E-state index contributed by atoms with van der Waals surface area (Å²) in [5, 5.41) is 6.11. The van der Waals surface area contributed by atoms with E-state index >= 15 is 13.2 Å². The van der Waals surface area contributed by atoms with Crippen LogP contribution in [0.2, 0.25) is 0 Å². The molecule has 0 amide bonds. The van der Waals surface area contributed by atoms with Gasteiger partial charge in [0.05, 0.1) is 11.3 Å². The van der Waals surface area contributed by atoms with E-state index in [4.69, 9.17) is 0 Å². The van der Waals surface area contributed by atoms with Gasteiger partial charge in [0.15, 0.2) is 17.5 Å². The van der Waals surface area contributed by atoms with E-state index in [9.17, 15) is 30.8 Å². The molecule has 0 spiro atoms. The Balaban J connectivity index is 1.51. The van der Waals surface area contributed by atoms with Crippen LogP contribution in [0.25, 0.3) is 22.2 Å². The van der Waals surface area contributed by atoms with Crippen LogP contribution in [0.3, 0.4) is 0 Å². The number of nitrogens with one attached hydrogen (secondary N) is 3. The molecule has 4 heterocycles. The second kappa shape index (κ2) is 12.5. The molecule has 10 nitrogen and oxygen atoms in total. The molecular weight excluding hydrogens is 647 g/mol. The molecule has 0 bridgehead atoms. The molecule has 3 N–H and O–H groups in total. The summed E-state index contributed by atoms with van der Waals surface area (Å²) in [5.74, 6) is -6.77. The molecule has 0 aliphatic carbocycles. The van der Waals surface area contributed by atoms with Gasteiger partial charge in [0, 0.05) is 54.9 Å². The molecule has 0 radical (unpaired) electrons. The van der Waals surface area contributed by atoms with Crippen LogP contribution in [0.4, 0.5) is 42.4 Å². The summed E-state index contributed by atoms with van der Waals surface area (Å²) in [7, 11) is -4.93. The number of alkyl halides is 4. The molecule has 0 saturated carbocycles. The van der Waals surface area contributed by atoms with Gasteiger partial charge in [-0.05, 0) is 37.6 Å². The lowest BCUT2D eigenvalue weighted by atomic mass is 10.0. The average Bonchev–Trinajstić information content (AvgIpc) is 2.96. The Morgan fingerprint density at radius 3 is 2.50 bits per heavy atom. The average molecular weight is 674 g/mol. The molecule has 5 rings (SSSR count). The molecule has 3 aromatic heterocycles. The lowest BCUT2D eigenvalue weighted by Crippen LogP contribution is -2.44. The van der Waals surface area contributed by atoms with Crippen molar-refractivity contribution in [3.63, 3.8) is 0 Å². The third-order valence-electron chi connectivity index (χ3n) is 7.13. The summed E-state index contributed by atoms with van der Waals surface area (Å²) >= 11 is 0. The van der Waals surface area contributed by atoms with Gasteiger partial charge >= 0.3 is 6.18 Å². The van der Waals surface area contributed by atoms with E-state index < -0.39 is 85.2 Å². The normalized spacial score (nSPS) is 17.4. The molecule has 1 aliphatic rings. The number of hydrogen-bond donors (Lipinski definition) is 3. The Bertz CT molecular complexity index is 1970. The standard InChI is InChI=1S/C28H26F7N7O3S/c1-13(2)42-25-15(9-38-27(40-25)39-17-7-16(29)10-36-11-17)6-19(26(42)43)18-8-20(30)23(22(32)21(18)31)41-46(44,45)12-14-4-3-5-37-24(14)28(33,34)35/h3-6,8-9,13,16-17,36,41H,7,10-12H2,1-2H3,(H,38,39,40)/t16-,17-/m0/s1. The van der Waals surface area contributed by atoms with Crippen molar-refractivity contribution in [1.29, 1.82) is 0 Å². The number of benzene rings is 1. The van der Waals surface area contributed by atoms with Gasteiger partial charge in [0.25, 0.3) is 5.56 Å². The summed E-state index contributed by atoms with van der Waals surface area (Å²) in [6, 6.07) is 2.44. The van der Waals surface area contributed by atoms with Crippen molar-refractivity contribution in [3.05, 3.63) is 75.7 Å². The van der Waals surface area contributed by atoms with E-state index in [1.165, 1.54) is 10.9 Å². The molecule has 0 unspecified atom stereocenters. The van der Waals surface area contributed by atoms with Crippen molar-refractivity contribution in [3.8, 4) is 11.1 Å². The van der Waals surface area contributed by atoms with Crippen LogP contribution in [0.1, 0.15) is 37.6 Å². The van der Waals surface area contributed by atoms with E-state index in [1.807, 2.05) is 0 Å². The maximum absolute atomic E-state index is 15.5. The topological polar surface area (TPSA) is 131 Å². The number of halogens is 7. The van der Waals surface area contributed by atoms with Crippen LogP contribution < -0.4 is 20.9 Å². The zero-order chi connectivity index (χ0) is 33.6.